The molecule has 0 aliphatic carbocycles. The molecule has 1 fully saturated rings. The first-order valence-corrected chi connectivity index (χ1v) is 21.6. The van der Waals surface area contributed by atoms with Crippen LogP contribution in [0.25, 0.3) is 0 Å². The highest BCUT2D eigenvalue weighted by atomic mass is 16.6. The summed E-state index contributed by atoms with van der Waals surface area (Å²) in [4.78, 5) is 110. The molecule has 0 aromatic heterocycles. The highest BCUT2D eigenvalue weighted by molar-refractivity contribution is 6.38. The van der Waals surface area contributed by atoms with Gasteiger partial charge in [-0.3, -0.25) is 33.6 Å². The topological polar surface area (TPSA) is 209 Å². The monoisotopic (exact) mass is 845 g/mol. The Morgan fingerprint density at radius 2 is 1.48 bits per heavy atom. The molecule has 0 radical (unpaired) electrons. The van der Waals surface area contributed by atoms with E-state index in [0.717, 1.165) is 16.7 Å². The molecule has 0 saturated carbocycles. The molecule has 1 saturated heterocycles. The largest absolute Gasteiger partial charge is 0.481 e. The van der Waals surface area contributed by atoms with Crippen LogP contribution in [0.4, 0.5) is 4.79 Å². The van der Waals surface area contributed by atoms with E-state index in [1.807, 2.05) is 61.5 Å². The first-order valence-electron chi connectivity index (χ1n) is 21.6. The number of aliphatic carboxylic acids is 1. The fraction of sp³-hybridized carbons (Fsp3) is 0.565. The number of ketones is 2. The van der Waals surface area contributed by atoms with E-state index < -0.39 is 83.6 Å². The van der Waals surface area contributed by atoms with Crippen LogP contribution in [-0.2, 0) is 51.3 Å². The molecule has 0 spiro atoms. The average molecular weight is 846 g/mol. The predicted octanol–water partition coefficient (Wildman–Crippen LogP) is 4.90. The van der Waals surface area contributed by atoms with Gasteiger partial charge < -0.3 is 35.6 Å². The maximum atomic E-state index is 14.6. The molecule has 15 heteroatoms. The van der Waals surface area contributed by atoms with Gasteiger partial charge in [-0.1, -0.05) is 95.6 Å². The Labute approximate surface area is 358 Å². The molecule has 2 aromatic rings. The molecular weight excluding hydrogens is 783 g/mol. The standard InChI is InChI=1S/C46H63N5O10/c1-7-15-37(41(55)44(58)47-30(6)31-16-9-8-10-17-31)48-43(57)38-25-35(61-46(60)50-23-22-32-18-11-12-19-33(32)26-50)27-51(38)45(59)40(29(4)5)49-42(56)36(28(2)3)24-34(52)20-13-14-21-39(53)54/h8-12,16-19,28-30,35-38,40H,7,13-15,20-27H2,1-6H3,(H,47,58)(H,48,57)(H,49,56)(H,53,54)/t30-,35?,36-,37?,38?,40-/m0/s1. The summed E-state index contributed by atoms with van der Waals surface area (Å²) in [5, 5.41) is 17.2. The summed E-state index contributed by atoms with van der Waals surface area (Å²) in [6.45, 7) is 11.2. The number of unbranched alkanes of at least 4 members (excludes halogenated alkanes) is 1. The van der Waals surface area contributed by atoms with Crippen molar-refractivity contribution in [3.8, 4) is 0 Å². The second kappa shape index (κ2) is 22.8. The molecule has 2 heterocycles. The molecular formula is C46H63N5O10. The van der Waals surface area contributed by atoms with Crippen molar-refractivity contribution in [3.05, 3.63) is 71.3 Å². The molecule has 4 rings (SSSR count). The lowest BCUT2D eigenvalue weighted by Crippen LogP contribution is -2.58. The van der Waals surface area contributed by atoms with Crippen LogP contribution in [0, 0.1) is 17.8 Å². The van der Waals surface area contributed by atoms with Gasteiger partial charge in [0, 0.05) is 44.7 Å². The molecule has 4 N–H and O–H groups in total. The minimum absolute atomic E-state index is 0.0547. The van der Waals surface area contributed by atoms with Gasteiger partial charge in [-0.25, -0.2) is 4.79 Å². The van der Waals surface area contributed by atoms with E-state index in [-0.39, 0.29) is 50.4 Å². The van der Waals surface area contributed by atoms with E-state index in [1.165, 1.54) is 4.90 Å². The fourth-order valence-corrected chi connectivity index (χ4v) is 7.85. The summed E-state index contributed by atoms with van der Waals surface area (Å²) < 4.78 is 5.96. The summed E-state index contributed by atoms with van der Waals surface area (Å²) in [6.07, 6.45) is 0.325. The predicted molar refractivity (Wildman–Crippen MR) is 227 cm³/mol. The number of Topliss-reactive ketones (excluding diaryl/α,β-unsaturated/α-hetero) is 2. The molecule has 332 valence electrons. The number of nitrogens with one attached hydrogen (secondary N) is 3. The van der Waals surface area contributed by atoms with Gasteiger partial charge in [0.25, 0.3) is 5.91 Å². The molecule has 2 aliphatic rings. The second-order valence-electron chi connectivity index (χ2n) is 16.9. The Kier molecular flexibility index (Phi) is 18.0. The number of ether oxygens (including phenoxy) is 1. The first kappa shape index (κ1) is 48.1. The summed E-state index contributed by atoms with van der Waals surface area (Å²) in [5.41, 5.74) is 2.93. The van der Waals surface area contributed by atoms with Gasteiger partial charge in [0.1, 0.15) is 24.0 Å². The van der Waals surface area contributed by atoms with Gasteiger partial charge in [0.15, 0.2) is 0 Å². The molecule has 15 nitrogen and oxygen atoms in total. The maximum absolute atomic E-state index is 14.6. The Balaban J connectivity index is 1.54. The van der Waals surface area contributed by atoms with Gasteiger partial charge in [0.2, 0.25) is 23.5 Å². The van der Waals surface area contributed by atoms with Crippen molar-refractivity contribution >= 4 is 47.3 Å². The SMILES string of the molecule is CCCC(NC(=O)C1CC(OC(=O)N2CCc3ccccc3C2)CN1C(=O)[C@@H](NC(=O)[C@@H](CC(=O)CCCCC(=O)O)C(C)C)C(C)C)C(=O)C(=O)N[C@@H](C)c1ccccc1. The van der Waals surface area contributed by atoms with Crippen molar-refractivity contribution in [1.29, 1.82) is 0 Å². The van der Waals surface area contributed by atoms with E-state index in [9.17, 15) is 38.4 Å². The van der Waals surface area contributed by atoms with Gasteiger partial charge >= 0.3 is 12.1 Å². The zero-order valence-corrected chi connectivity index (χ0v) is 36.3. The van der Waals surface area contributed by atoms with Crippen LogP contribution in [0.1, 0.15) is 116 Å². The average Bonchev–Trinajstić information content (AvgIpc) is 3.66. The number of benzene rings is 2. The summed E-state index contributed by atoms with van der Waals surface area (Å²) in [5.74, 6) is -6.21. The molecule has 0 bridgehead atoms. The maximum Gasteiger partial charge on any atom is 0.410 e. The third-order valence-electron chi connectivity index (χ3n) is 11.5. The Bertz CT molecular complexity index is 1880. The number of likely N-dealkylation sites (tertiary alicyclic amines) is 1. The summed E-state index contributed by atoms with van der Waals surface area (Å²) >= 11 is 0. The van der Waals surface area contributed by atoms with Crippen LogP contribution < -0.4 is 16.0 Å². The number of carboxylic acids is 1. The van der Waals surface area contributed by atoms with Crippen LogP contribution in [0.5, 0.6) is 0 Å². The minimum atomic E-state index is -1.22. The van der Waals surface area contributed by atoms with Crippen LogP contribution in [0.15, 0.2) is 54.6 Å². The summed E-state index contributed by atoms with van der Waals surface area (Å²) in [7, 11) is 0. The van der Waals surface area contributed by atoms with Gasteiger partial charge in [-0.2, -0.15) is 0 Å². The number of carbonyl (C=O) groups is 8. The van der Waals surface area contributed by atoms with Gasteiger partial charge in [0.05, 0.1) is 18.6 Å². The number of hydrogen-bond donors (Lipinski definition) is 4. The number of carbonyl (C=O) groups excluding carboxylic acids is 7. The Morgan fingerprint density at radius 3 is 2.11 bits per heavy atom. The number of fused-ring (bicyclic) bond motifs is 1. The molecule has 61 heavy (non-hydrogen) atoms. The summed E-state index contributed by atoms with van der Waals surface area (Å²) in [6, 6.07) is 12.9. The van der Waals surface area contributed by atoms with E-state index in [1.54, 1.807) is 39.5 Å². The van der Waals surface area contributed by atoms with Crippen molar-refractivity contribution in [1.82, 2.24) is 25.8 Å². The quantitative estimate of drug-likeness (QED) is 0.0987. The minimum Gasteiger partial charge on any atom is -0.481 e. The number of rotatable bonds is 21. The Morgan fingerprint density at radius 1 is 0.820 bits per heavy atom. The number of hydrogen-bond acceptors (Lipinski definition) is 9. The van der Waals surface area contributed by atoms with Crippen LogP contribution in [0.3, 0.4) is 0 Å². The van der Waals surface area contributed by atoms with Crippen molar-refractivity contribution in [2.75, 3.05) is 13.1 Å². The fourth-order valence-electron chi connectivity index (χ4n) is 7.85. The third kappa shape index (κ3) is 13.7. The third-order valence-corrected chi connectivity index (χ3v) is 11.5. The van der Waals surface area contributed by atoms with E-state index in [0.29, 0.717) is 38.8 Å². The molecule has 2 aromatic carbocycles. The van der Waals surface area contributed by atoms with Crippen molar-refractivity contribution in [3.63, 3.8) is 0 Å². The van der Waals surface area contributed by atoms with E-state index >= 15 is 0 Å². The Hall–Kier alpha value is -5.60. The molecule has 6 atom stereocenters. The van der Waals surface area contributed by atoms with Crippen LogP contribution >= 0.6 is 0 Å². The molecule has 2 aliphatic heterocycles. The lowest BCUT2D eigenvalue weighted by Gasteiger charge is -2.32. The van der Waals surface area contributed by atoms with Crippen molar-refractivity contribution in [2.24, 2.45) is 17.8 Å². The highest BCUT2D eigenvalue weighted by Gasteiger charge is 2.46. The lowest BCUT2D eigenvalue weighted by molar-refractivity contribution is -0.144. The number of carboxylic acid groups (broad SMARTS) is 1. The smallest absolute Gasteiger partial charge is 0.410 e. The van der Waals surface area contributed by atoms with Crippen LogP contribution in [0.2, 0.25) is 0 Å². The van der Waals surface area contributed by atoms with E-state index in [2.05, 4.69) is 16.0 Å². The van der Waals surface area contributed by atoms with Crippen molar-refractivity contribution < 1.29 is 48.2 Å². The van der Waals surface area contributed by atoms with E-state index in [4.69, 9.17) is 9.84 Å². The lowest BCUT2D eigenvalue weighted by atomic mass is 9.88. The zero-order valence-electron chi connectivity index (χ0n) is 36.3. The number of amides is 5. The second-order valence-corrected chi connectivity index (χ2v) is 16.9. The number of nitrogens with zero attached hydrogens (tertiary/aromatic N) is 2. The van der Waals surface area contributed by atoms with Crippen LogP contribution in [-0.4, -0.2) is 99.5 Å². The highest BCUT2D eigenvalue weighted by Crippen LogP contribution is 2.27. The zero-order chi connectivity index (χ0) is 44.8. The van der Waals surface area contributed by atoms with Gasteiger partial charge in [-0.15, -0.1) is 0 Å². The van der Waals surface area contributed by atoms with Gasteiger partial charge in [-0.05, 0) is 61.1 Å². The molecule has 3 unspecified atom stereocenters. The first-order chi connectivity index (χ1) is 29.0. The normalized spacial score (nSPS) is 18.0. The molecule has 5 amide bonds. The van der Waals surface area contributed by atoms with Crippen molar-refractivity contribution in [2.45, 2.75) is 136 Å².